The average Bonchev–Trinajstić information content (AvgIpc) is 2.63. The third-order valence-electron chi connectivity index (χ3n) is 4.89. The Kier molecular flexibility index (Phi) is 5.91. The zero-order valence-corrected chi connectivity index (χ0v) is 15.9. The molecule has 1 fully saturated rings. The van der Waals surface area contributed by atoms with E-state index in [9.17, 15) is 9.59 Å². The van der Waals surface area contributed by atoms with Gasteiger partial charge in [0.15, 0.2) is 0 Å². The van der Waals surface area contributed by atoms with Gasteiger partial charge in [-0.3, -0.25) is 9.59 Å². The molecule has 1 heterocycles. The van der Waals surface area contributed by atoms with Crippen LogP contribution in [0.15, 0.2) is 42.5 Å². The van der Waals surface area contributed by atoms with Gasteiger partial charge in [0.05, 0.1) is 19.6 Å². The molecule has 142 valence electrons. The molecule has 1 aliphatic heterocycles. The van der Waals surface area contributed by atoms with Crippen LogP contribution < -0.4 is 0 Å². The van der Waals surface area contributed by atoms with Crippen molar-refractivity contribution in [2.24, 2.45) is 0 Å². The van der Waals surface area contributed by atoms with Gasteiger partial charge >= 0.3 is 0 Å². The zero-order chi connectivity index (χ0) is 19.4. The van der Waals surface area contributed by atoms with Crippen LogP contribution in [0.4, 0.5) is 0 Å². The quantitative estimate of drug-likeness (QED) is 0.883. The van der Waals surface area contributed by atoms with E-state index in [4.69, 9.17) is 5.11 Å². The van der Waals surface area contributed by atoms with Gasteiger partial charge in [0.25, 0.3) is 0 Å². The van der Waals surface area contributed by atoms with Crippen molar-refractivity contribution in [3.05, 3.63) is 70.3 Å². The first-order valence-corrected chi connectivity index (χ1v) is 9.26. The highest BCUT2D eigenvalue weighted by molar-refractivity contribution is 5.87. The number of aryl methyl sites for hydroxylation is 2. The fraction of sp³-hybridized carbons (Fsp3) is 0.364. The third kappa shape index (κ3) is 4.95. The number of hydrogen-bond donors (Lipinski definition) is 1. The van der Waals surface area contributed by atoms with Gasteiger partial charge in [-0.15, -0.1) is 0 Å². The van der Waals surface area contributed by atoms with Gasteiger partial charge in [0.1, 0.15) is 0 Å². The van der Waals surface area contributed by atoms with Gasteiger partial charge in [-0.05, 0) is 30.5 Å². The van der Waals surface area contributed by atoms with Crippen molar-refractivity contribution in [2.45, 2.75) is 33.4 Å². The number of carbonyl (C=O) groups is 2. The number of nitrogens with zero attached hydrogens (tertiary/aromatic N) is 2. The van der Waals surface area contributed by atoms with Crippen LogP contribution in [0.5, 0.6) is 0 Å². The molecule has 3 rings (SSSR count). The topological polar surface area (TPSA) is 60.9 Å². The number of piperazine rings is 1. The Balaban J connectivity index is 1.57. The Bertz CT molecular complexity index is 810. The number of aliphatic hydroxyl groups excluding tert-OH is 1. The second kappa shape index (κ2) is 8.35. The number of benzene rings is 2. The highest BCUT2D eigenvalue weighted by Crippen LogP contribution is 2.15. The molecule has 0 spiro atoms. The predicted molar refractivity (Wildman–Crippen MR) is 104 cm³/mol. The van der Waals surface area contributed by atoms with Crippen molar-refractivity contribution in [3.8, 4) is 0 Å². The molecule has 1 aliphatic rings. The summed E-state index contributed by atoms with van der Waals surface area (Å²) in [5.41, 5.74) is 5.23. The monoisotopic (exact) mass is 366 g/mol. The van der Waals surface area contributed by atoms with Gasteiger partial charge in [0, 0.05) is 19.6 Å². The van der Waals surface area contributed by atoms with E-state index in [0.29, 0.717) is 19.6 Å². The van der Waals surface area contributed by atoms with E-state index in [0.717, 1.165) is 16.7 Å². The lowest BCUT2D eigenvalue weighted by atomic mass is 10.1. The number of hydrogen-bond acceptors (Lipinski definition) is 3. The second-order valence-corrected chi connectivity index (χ2v) is 7.28. The summed E-state index contributed by atoms with van der Waals surface area (Å²) >= 11 is 0. The maximum atomic E-state index is 12.5. The normalized spacial score (nSPS) is 14.6. The molecule has 2 aromatic carbocycles. The molecular formula is C22H26N2O3. The van der Waals surface area contributed by atoms with Gasteiger partial charge < -0.3 is 14.9 Å². The van der Waals surface area contributed by atoms with E-state index in [1.165, 1.54) is 11.1 Å². The average molecular weight is 366 g/mol. The number of amides is 2. The molecule has 0 unspecified atom stereocenters. The largest absolute Gasteiger partial charge is 0.392 e. The summed E-state index contributed by atoms with van der Waals surface area (Å²) in [5, 5.41) is 9.09. The lowest BCUT2D eigenvalue weighted by Gasteiger charge is -2.34. The molecule has 2 amide bonds. The van der Waals surface area contributed by atoms with Gasteiger partial charge in [-0.25, -0.2) is 0 Å². The number of carbonyl (C=O) groups excluding carboxylic acids is 2. The summed E-state index contributed by atoms with van der Waals surface area (Å²) < 4.78 is 0. The van der Waals surface area contributed by atoms with E-state index >= 15 is 0 Å². The molecule has 0 saturated carbocycles. The highest BCUT2D eigenvalue weighted by Gasteiger charge is 2.27. The molecule has 2 aromatic rings. The Morgan fingerprint density at radius 3 is 2.19 bits per heavy atom. The summed E-state index contributed by atoms with van der Waals surface area (Å²) in [4.78, 5) is 28.5. The smallest absolute Gasteiger partial charge is 0.242 e. The maximum absolute atomic E-state index is 12.5. The van der Waals surface area contributed by atoms with E-state index in [1.54, 1.807) is 4.90 Å². The summed E-state index contributed by atoms with van der Waals surface area (Å²) in [5.74, 6) is -0.0458. The van der Waals surface area contributed by atoms with E-state index in [-0.39, 0.29) is 31.4 Å². The second-order valence-electron chi connectivity index (χ2n) is 7.28. The van der Waals surface area contributed by atoms with Crippen LogP contribution in [0.2, 0.25) is 0 Å². The van der Waals surface area contributed by atoms with Crippen molar-refractivity contribution in [1.82, 2.24) is 9.80 Å². The van der Waals surface area contributed by atoms with Crippen molar-refractivity contribution in [2.75, 3.05) is 19.6 Å². The molecule has 5 nitrogen and oxygen atoms in total. The van der Waals surface area contributed by atoms with E-state index in [2.05, 4.69) is 32.0 Å². The summed E-state index contributed by atoms with van der Waals surface area (Å²) in [6, 6.07) is 13.7. The predicted octanol–water partition coefficient (Wildman–Crippen LogP) is 2.21. The first kappa shape index (κ1) is 19.1. The minimum atomic E-state index is -0.0360. The van der Waals surface area contributed by atoms with E-state index in [1.807, 2.05) is 29.2 Å². The van der Waals surface area contributed by atoms with Gasteiger partial charge in [-0.2, -0.15) is 0 Å². The minimum Gasteiger partial charge on any atom is -0.392 e. The molecule has 1 saturated heterocycles. The standard InChI is InChI=1S/C22H26N2O3/c1-16-9-17(2)11-20(10-16)13-23-7-8-24(14-22(23)27)21(26)12-18-3-5-19(15-25)6-4-18/h3-6,9-11,25H,7-8,12-15H2,1-2H3. The Morgan fingerprint density at radius 1 is 0.963 bits per heavy atom. The van der Waals surface area contributed by atoms with Gasteiger partial charge in [-0.1, -0.05) is 53.6 Å². The summed E-state index contributed by atoms with van der Waals surface area (Å²) in [6.07, 6.45) is 0.274. The lowest BCUT2D eigenvalue weighted by molar-refractivity contribution is -0.145. The Labute approximate surface area is 160 Å². The molecule has 0 aromatic heterocycles. The molecule has 0 atom stereocenters. The minimum absolute atomic E-state index is 0.00878. The van der Waals surface area contributed by atoms with Crippen LogP contribution in [-0.2, 0) is 29.2 Å². The fourth-order valence-corrected chi connectivity index (χ4v) is 3.52. The van der Waals surface area contributed by atoms with Crippen molar-refractivity contribution in [3.63, 3.8) is 0 Å². The first-order valence-electron chi connectivity index (χ1n) is 9.26. The lowest BCUT2D eigenvalue weighted by Crippen LogP contribution is -2.52. The van der Waals surface area contributed by atoms with Crippen LogP contribution in [0, 0.1) is 13.8 Å². The number of rotatable bonds is 5. The SMILES string of the molecule is Cc1cc(C)cc(CN2CCN(C(=O)Cc3ccc(CO)cc3)CC2=O)c1. The van der Waals surface area contributed by atoms with Crippen LogP contribution in [-0.4, -0.2) is 46.4 Å². The van der Waals surface area contributed by atoms with Crippen LogP contribution >= 0.6 is 0 Å². The van der Waals surface area contributed by atoms with Crippen LogP contribution in [0.3, 0.4) is 0 Å². The third-order valence-corrected chi connectivity index (χ3v) is 4.89. The van der Waals surface area contributed by atoms with Crippen molar-refractivity contribution < 1.29 is 14.7 Å². The molecule has 1 N–H and O–H groups in total. The van der Waals surface area contributed by atoms with Crippen LogP contribution in [0.25, 0.3) is 0 Å². The Morgan fingerprint density at radius 2 is 1.59 bits per heavy atom. The molecule has 5 heteroatoms. The molecule has 0 aliphatic carbocycles. The number of aliphatic hydroxyl groups is 1. The molecule has 0 radical (unpaired) electrons. The van der Waals surface area contributed by atoms with Gasteiger partial charge in [0.2, 0.25) is 11.8 Å². The fourth-order valence-electron chi connectivity index (χ4n) is 3.52. The van der Waals surface area contributed by atoms with Crippen LogP contribution in [0.1, 0.15) is 27.8 Å². The van der Waals surface area contributed by atoms with Crippen molar-refractivity contribution >= 4 is 11.8 Å². The molecular weight excluding hydrogens is 340 g/mol. The molecule has 27 heavy (non-hydrogen) atoms. The van der Waals surface area contributed by atoms with E-state index < -0.39 is 0 Å². The summed E-state index contributed by atoms with van der Waals surface area (Å²) in [6.45, 7) is 5.95. The highest BCUT2D eigenvalue weighted by atomic mass is 16.3. The first-order chi connectivity index (χ1) is 12.9. The van der Waals surface area contributed by atoms with Crippen molar-refractivity contribution in [1.29, 1.82) is 0 Å². The Hall–Kier alpha value is -2.66. The zero-order valence-electron chi connectivity index (χ0n) is 15.9. The maximum Gasteiger partial charge on any atom is 0.242 e. The summed E-state index contributed by atoms with van der Waals surface area (Å²) in [7, 11) is 0. The molecule has 0 bridgehead atoms.